The minimum absolute atomic E-state index is 0.0193. The van der Waals surface area contributed by atoms with E-state index in [4.69, 9.17) is 9.47 Å². The number of hydrogen-bond acceptors (Lipinski definition) is 5. The summed E-state index contributed by atoms with van der Waals surface area (Å²) in [6.07, 6.45) is 0.880. The van der Waals surface area contributed by atoms with Crippen LogP contribution in [0.25, 0.3) is 0 Å². The van der Waals surface area contributed by atoms with Crippen LogP contribution in [0.15, 0.2) is 41.8 Å². The maximum Gasteiger partial charge on any atom is 0.255 e. The lowest BCUT2D eigenvalue weighted by atomic mass is 10.0. The van der Waals surface area contributed by atoms with E-state index in [9.17, 15) is 9.59 Å². The largest absolute Gasteiger partial charge is 0.496 e. The molecule has 0 saturated carbocycles. The zero-order valence-electron chi connectivity index (χ0n) is 18.7. The summed E-state index contributed by atoms with van der Waals surface area (Å²) in [6, 6.07) is 10.9. The maximum absolute atomic E-state index is 13.2. The van der Waals surface area contributed by atoms with E-state index in [0.717, 1.165) is 17.5 Å². The minimum Gasteiger partial charge on any atom is -0.496 e. The lowest BCUT2D eigenvalue weighted by Crippen LogP contribution is -2.35. The van der Waals surface area contributed by atoms with Crippen LogP contribution < -0.4 is 14.8 Å². The molecule has 0 spiro atoms. The van der Waals surface area contributed by atoms with Gasteiger partial charge in [0.15, 0.2) is 0 Å². The van der Waals surface area contributed by atoms with E-state index < -0.39 is 0 Å². The molecule has 3 aromatic rings. The summed E-state index contributed by atoms with van der Waals surface area (Å²) in [5.74, 6) is 0.838. The van der Waals surface area contributed by atoms with Gasteiger partial charge in [-0.05, 0) is 67.1 Å². The van der Waals surface area contributed by atoms with Crippen LogP contribution in [0.5, 0.6) is 11.5 Å². The number of amides is 2. The van der Waals surface area contributed by atoms with Crippen molar-refractivity contribution in [2.75, 3.05) is 26.1 Å². The van der Waals surface area contributed by atoms with Crippen LogP contribution in [0.4, 0.5) is 5.69 Å². The molecule has 0 bridgehead atoms. The van der Waals surface area contributed by atoms with E-state index in [1.807, 2.05) is 24.8 Å². The lowest BCUT2D eigenvalue weighted by molar-refractivity contribution is 0.0735. The van der Waals surface area contributed by atoms with Crippen molar-refractivity contribution in [1.29, 1.82) is 0 Å². The van der Waals surface area contributed by atoms with Gasteiger partial charge in [-0.1, -0.05) is 6.07 Å². The van der Waals surface area contributed by atoms with Crippen LogP contribution in [0.1, 0.15) is 42.3 Å². The normalized spacial score (nSPS) is 12.8. The Morgan fingerprint density at radius 3 is 2.44 bits per heavy atom. The standard InChI is InChI=1S/C25H26N2O4S/c1-15-19(25(29)27-10-8-23-17(14-27)9-11-32-23)6-5-7-20(15)26-24(28)18-12-21(30-3)16(2)22(13-18)31-4/h5-7,9,11-13H,8,10,14H2,1-4H3,(H,26,28). The highest BCUT2D eigenvalue weighted by Gasteiger charge is 2.24. The monoisotopic (exact) mass is 450 g/mol. The quantitative estimate of drug-likeness (QED) is 0.604. The van der Waals surface area contributed by atoms with Crippen molar-refractivity contribution in [2.45, 2.75) is 26.8 Å². The number of thiophene rings is 1. The van der Waals surface area contributed by atoms with Crippen molar-refractivity contribution in [3.8, 4) is 11.5 Å². The van der Waals surface area contributed by atoms with Gasteiger partial charge in [-0.25, -0.2) is 0 Å². The molecule has 0 aliphatic carbocycles. The van der Waals surface area contributed by atoms with Gasteiger partial charge in [-0.3, -0.25) is 9.59 Å². The third-order valence-corrected chi connectivity index (χ3v) is 6.94. The molecule has 0 unspecified atom stereocenters. The topological polar surface area (TPSA) is 67.9 Å². The van der Waals surface area contributed by atoms with E-state index in [2.05, 4.69) is 16.8 Å². The molecule has 7 heteroatoms. The fraction of sp³-hybridized carbons (Fsp3) is 0.280. The molecule has 1 aromatic heterocycles. The highest BCUT2D eigenvalue weighted by molar-refractivity contribution is 7.10. The molecule has 2 heterocycles. The molecule has 32 heavy (non-hydrogen) atoms. The number of carbonyl (C=O) groups excluding carboxylic acids is 2. The molecule has 166 valence electrons. The Balaban J connectivity index is 1.57. The SMILES string of the molecule is COc1cc(C(=O)Nc2cccc(C(=O)N3CCc4sccc4C3)c2C)cc(OC)c1C. The molecule has 4 rings (SSSR count). The second-order valence-electron chi connectivity index (χ2n) is 7.78. The number of nitrogens with one attached hydrogen (secondary N) is 1. The summed E-state index contributed by atoms with van der Waals surface area (Å²) in [7, 11) is 3.12. The molecular weight excluding hydrogens is 424 g/mol. The van der Waals surface area contributed by atoms with Crippen LogP contribution in [0.3, 0.4) is 0 Å². The smallest absolute Gasteiger partial charge is 0.255 e. The number of benzene rings is 2. The summed E-state index contributed by atoms with van der Waals surface area (Å²) in [4.78, 5) is 29.5. The van der Waals surface area contributed by atoms with Gasteiger partial charge in [0, 0.05) is 40.3 Å². The van der Waals surface area contributed by atoms with E-state index >= 15 is 0 Å². The first-order valence-electron chi connectivity index (χ1n) is 10.4. The predicted molar refractivity (Wildman–Crippen MR) is 126 cm³/mol. The summed E-state index contributed by atoms with van der Waals surface area (Å²) >= 11 is 1.75. The van der Waals surface area contributed by atoms with Crippen molar-refractivity contribution < 1.29 is 19.1 Å². The number of ether oxygens (including phenoxy) is 2. The van der Waals surface area contributed by atoms with Gasteiger partial charge in [0.25, 0.3) is 11.8 Å². The van der Waals surface area contributed by atoms with Crippen LogP contribution in [-0.2, 0) is 13.0 Å². The molecule has 1 aliphatic rings. The molecule has 0 atom stereocenters. The van der Waals surface area contributed by atoms with Crippen LogP contribution in [0, 0.1) is 13.8 Å². The number of fused-ring (bicyclic) bond motifs is 1. The first-order valence-corrected chi connectivity index (χ1v) is 11.3. The molecule has 0 saturated heterocycles. The predicted octanol–water partition coefficient (Wildman–Crippen LogP) is 4.83. The van der Waals surface area contributed by atoms with Gasteiger partial charge in [0.1, 0.15) is 11.5 Å². The molecule has 0 radical (unpaired) electrons. The van der Waals surface area contributed by atoms with Crippen molar-refractivity contribution >= 4 is 28.8 Å². The third-order valence-electron chi connectivity index (χ3n) is 5.92. The van der Waals surface area contributed by atoms with Gasteiger partial charge >= 0.3 is 0 Å². The Morgan fingerprint density at radius 1 is 1.03 bits per heavy atom. The zero-order valence-corrected chi connectivity index (χ0v) is 19.5. The Kier molecular flexibility index (Phi) is 6.19. The van der Waals surface area contributed by atoms with Crippen LogP contribution in [-0.4, -0.2) is 37.5 Å². The van der Waals surface area contributed by atoms with Crippen molar-refractivity contribution in [2.24, 2.45) is 0 Å². The molecule has 6 nitrogen and oxygen atoms in total. The fourth-order valence-electron chi connectivity index (χ4n) is 4.01. The number of methoxy groups -OCH3 is 2. The van der Waals surface area contributed by atoms with E-state index in [0.29, 0.717) is 41.4 Å². The Bertz CT molecular complexity index is 1160. The summed E-state index contributed by atoms with van der Waals surface area (Å²) in [5, 5.41) is 5.02. The minimum atomic E-state index is -0.296. The Hall–Kier alpha value is -3.32. The number of anilines is 1. The van der Waals surface area contributed by atoms with Crippen molar-refractivity contribution in [1.82, 2.24) is 4.90 Å². The molecule has 0 fully saturated rings. The Labute approximate surface area is 191 Å². The lowest BCUT2D eigenvalue weighted by Gasteiger charge is -2.28. The second-order valence-corrected chi connectivity index (χ2v) is 8.78. The van der Waals surface area contributed by atoms with Gasteiger partial charge in [-0.15, -0.1) is 11.3 Å². The van der Waals surface area contributed by atoms with E-state index in [-0.39, 0.29) is 11.8 Å². The Morgan fingerprint density at radius 2 is 1.75 bits per heavy atom. The number of hydrogen-bond donors (Lipinski definition) is 1. The van der Waals surface area contributed by atoms with Crippen molar-refractivity contribution in [3.05, 3.63) is 74.5 Å². The third kappa shape index (κ3) is 4.08. The summed E-state index contributed by atoms with van der Waals surface area (Å²) in [6.45, 7) is 5.05. The fourth-order valence-corrected chi connectivity index (χ4v) is 4.90. The molecule has 2 aromatic carbocycles. The number of carbonyl (C=O) groups is 2. The number of nitrogens with zero attached hydrogens (tertiary/aromatic N) is 1. The number of rotatable bonds is 5. The van der Waals surface area contributed by atoms with E-state index in [1.165, 1.54) is 10.4 Å². The average molecular weight is 451 g/mol. The highest BCUT2D eigenvalue weighted by atomic mass is 32.1. The second kappa shape index (κ2) is 9.04. The average Bonchev–Trinajstić information content (AvgIpc) is 3.28. The van der Waals surface area contributed by atoms with Gasteiger partial charge in [-0.2, -0.15) is 0 Å². The summed E-state index contributed by atoms with van der Waals surface area (Å²) in [5.41, 5.74) is 4.41. The van der Waals surface area contributed by atoms with Gasteiger partial charge in [0.2, 0.25) is 0 Å². The van der Waals surface area contributed by atoms with Crippen molar-refractivity contribution in [3.63, 3.8) is 0 Å². The first-order chi connectivity index (χ1) is 15.4. The van der Waals surface area contributed by atoms with E-state index in [1.54, 1.807) is 49.8 Å². The van der Waals surface area contributed by atoms with Crippen LogP contribution >= 0.6 is 11.3 Å². The van der Waals surface area contributed by atoms with Crippen LogP contribution in [0.2, 0.25) is 0 Å². The summed E-state index contributed by atoms with van der Waals surface area (Å²) < 4.78 is 10.8. The molecule has 1 N–H and O–H groups in total. The molecule has 2 amide bonds. The zero-order chi connectivity index (χ0) is 22.8. The highest BCUT2D eigenvalue weighted by Crippen LogP contribution is 2.31. The van der Waals surface area contributed by atoms with Gasteiger partial charge < -0.3 is 19.7 Å². The van der Waals surface area contributed by atoms with Gasteiger partial charge in [0.05, 0.1) is 14.2 Å². The maximum atomic E-state index is 13.2. The molecule has 1 aliphatic heterocycles. The molecular formula is C25H26N2O4S. The first kappa shape index (κ1) is 21.9.